The molecule has 1 aromatic heterocycles. The number of nitrogens with one attached hydrogen (secondary N) is 1. The number of hydrogen-bond donors (Lipinski definition) is 2. The maximum atomic E-state index is 5.48. The van der Waals surface area contributed by atoms with Gasteiger partial charge in [-0.25, -0.2) is 4.98 Å². The molecule has 0 spiro atoms. The van der Waals surface area contributed by atoms with Gasteiger partial charge < -0.3 is 11.1 Å². The van der Waals surface area contributed by atoms with Crippen molar-refractivity contribution in [3.8, 4) is 0 Å². The Kier molecular flexibility index (Phi) is 4.21. The number of thiazole rings is 1. The van der Waals surface area contributed by atoms with Gasteiger partial charge in [-0.2, -0.15) is 0 Å². The van der Waals surface area contributed by atoms with Crippen molar-refractivity contribution < 1.29 is 0 Å². The van der Waals surface area contributed by atoms with Crippen LogP contribution in [0.1, 0.15) is 12.6 Å². The van der Waals surface area contributed by atoms with Gasteiger partial charge in [0.15, 0.2) is 0 Å². The molecular formula is C8H15N3S. The molecule has 0 aliphatic carbocycles. The van der Waals surface area contributed by atoms with E-state index in [-0.39, 0.29) is 0 Å². The van der Waals surface area contributed by atoms with E-state index in [0.717, 1.165) is 25.3 Å². The van der Waals surface area contributed by atoms with E-state index < -0.39 is 0 Å². The zero-order valence-corrected chi connectivity index (χ0v) is 8.10. The SMILES string of the molecule is CC(CN)CNCc1cscn1. The van der Waals surface area contributed by atoms with Crippen LogP contribution >= 0.6 is 11.3 Å². The molecule has 1 heterocycles. The van der Waals surface area contributed by atoms with Gasteiger partial charge >= 0.3 is 0 Å². The smallest absolute Gasteiger partial charge is 0.0795 e. The highest BCUT2D eigenvalue weighted by Crippen LogP contribution is 1.99. The lowest BCUT2D eigenvalue weighted by atomic mass is 10.2. The molecule has 3 nitrogen and oxygen atoms in total. The molecular weight excluding hydrogens is 170 g/mol. The predicted molar refractivity (Wildman–Crippen MR) is 52.0 cm³/mol. The largest absolute Gasteiger partial charge is 0.330 e. The molecule has 0 radical (unpaired) electrons. The monoisotopic (exact) mass is 185 g/mol. The number of nitrogens with two attached hydrogens (primary N) is 1. The first-order valence-corrected chi connectivity index (χ1v) is 5.05. The summed E-state index contributed by atoms with van der Waals surface area (Å²) in [4.78, 5) is 4.16. The van der Waals surface area contributed by atoms with Gasteiger partial charge in [0.1, 0.15) is 0 Å². The van der Waals surface area contributed by atoms with Crippen molar-refractivity contribution in [1.29, 1.82) is 0 Å². The minimum absolute atomic E-state index is 0.545. The summed E-state index contributed by atoms with van der Waals surface area (Å²) >= 11 is 1.63. The molecule has 12 heavy (non-hydrogen) atoms. The summed E-state index contributed by atoms with van der Waals surface area (Å²) < 4.78 is 0. The molecule has 0 amide bonds. The highest BCUT2D eigenvalue weighted by atomic mass is 32.1. The molecule has 0 saturated carbocycles. The lowest BCUT2D eigenvalue weighted by Gasteiger charge is -2.08. The molecule has 4 heteroatoms. The van der Waals surface area contributed by atoms with Crippen molar-refractivity contribution in [3.63, 3.8) is 0 Å². The molecule has 0 saturated heterocycles. The van der Waals surface area contributed by atoms with Crippen LogP contribution in [0, 0.1) is 5.92 Å². The molecule has 3 N–H and O–H groups in total. The fraction of sp³-hybridized carbons (Fsp3) is 0.625. The number of rotatable bonds is 5. The van der Waals surface area contributed by atoms with E-state index in [1.165, 1.54) is 0 Å². The molecule has 0 fully saturated rings. The zero-order valence-electron chi connectivity index (χ0n) is 7.29. The summed E-state index contributed by atoms with van der Waals surface area (Å²) in [6, 6.07) is 0. The van der Waals surface area contributed by atoms with Gasteiger partial charge in [0.05, 0.1) is 11.2 Å². The summed E-state index contributed by atoms with van der Waals surface area (Å²) in [5, 5.41) is 5.36. The van der Waals surface area contributed by atoms with Crippen molar-refractivity contribution in [2.45, 2.75) is 13.5 Å². The summed E-state index contributed by atoms with van der Waals surface area (Å²) in [5.41, 5.74) is 8.44. The molecule has 68 valence electrons. The van der Waals surface area contributed by atoms with E-state index in [2.05, 4.69) is 22.6 Å². The molecule has 1 unspecified atom stereocenters. The van der Waals surface area contributed by atoms with Gasteiger partial charge in [-0.15, -0.1) is 11.3 Å². The Balaban J connectivity index is 2.11. The fourth-order valence-electron chi connectivity index (χ4n) is 0.855. The highest BCUT2D eigenvalue weighted by molar-refractivity contribution is 7.07. The second-order valence-electron chi connectivity index (χ2n) is 2.95. The molecule has 1 atom stereocenters. The van der Waals surface area contributed by atoms with Crippen molar-refractivity contribution in [2.24, 2.45) is 11.7 Å². The van der Waals surface area contributed by atoms with Gasteiger partial charge in [-0.05, 0) is 19.0 Å². The van der Waals surface area contributed by atoms with Crippen molar-refractivity contribution in [1.82, 2.24) is 10.3 Å². The third-order valence-electron chi connectivity index (χ3n) is 1.68. The number of nitrogens with zero attached hydrogens (tertiary/aromatic N) is 1. The molecule has 0 aliphatic heterocycles. The van der Waals surface area contributed by atoms with E-state index in [4.69, 9.17) is 5.73 Å². The topological polar surface area (TPSA) is 50.9 Å². The van der Waals surface area contributed by atoms with Gasteiger partial charge in [0.25, 0.3) is 0 Å². The van der Waals surface area contributed by atoms with Gasteiger partial charge in [0, 0.05) is 11.9 Å². The fourth-order valence-corrected chi connectivity index (χ4v) is 1.41. The normalized spacial score (nSPS) is 13.2. The summed E-state index contributed by atoms with van der Waals surface area (Å²) in [6.07, 6.45) is 0. The Labute approximate surface area is 77.0 Å². The van der Waals surface area contributed by atoms with Gasteiger partial charge in [0.2, 0.25) is 0 Å². The van der Waals surface area contributed by atoms with Crippen LogP contribution in [-0.4, -0.2) is 18.1 Å². The predicted octanol–water partition coefficient (Wildman–Crippen LogP) is 0.828. The average Bonchev–Trinajstić information content (AvgIpc) is 2.57. The van der Waals surface area contributed by atoms with Crippen LogP contribution in [0.15, 0.2) is 10.9 Å². The maximum absolute atomic E-state index is 5.48. The van der Waals surface area contributed by atoms with Crippen LogP contribution in [0.5, 0.6) is 0 Å². The number of hydrogen-bond acceptors (Lipinski definition) is 4. The Morgan fingerprint density at radius 3 is 3.17 bits per heavy atom. The second-order valence-corrected chi connectivity index (χ2v) is 3.67. The molecule has 1 aromatic rings. The minimum atomic E-state index is 0.545. The van der Waals surface area contributed by atoms with Gasteiger partial charge in [-0.3, -0.25) is 0 Å². The van der Waals surface area contributed by atoms with Gasteiger partial charge in [-0.1, -0.05) is 6.92 Å². The van der Waals surface area contributed by atoms with Crippen LogP contribution in [0.25, 0.3) is 0 Å². The maximum Gasteiger partial charge on any atom is 0.0795 e. The first kappa shape index (κ1) is 9.64. The minimum Gasteiger partial charge on any atom is -0.330 e. The Hall–Kier alpha value is -0.450. The molecule has 0 aliphatic rings. The van der Waals surface area contributed by atoms with E-state index in [0.29, 0.717) is 5.92 Å². The van der Waals surface area contributed by atoms with Crippen LogP contribution < -0.4 is 11.1 Å². The van der Waals surface area contributed by atoms with Crippen LogP contribution in [0.4, 0.5) is 0 Å². The molecule has 1 rings (SSSR count). The second kappa shape index (κ2) is 5.24. The van der Waals surface area contributed by atoms with Crippen LogP contribution in [0.3, 0.4) is 0 Å². The first-order chi connectivity index (χ1) is 5.83. The van der Waals surface area contributed by atoms with Crippen LogP contribution in [-0.2, 0) is 6.54 Å². The summed E-state index contributed by atoms with van der Waals surface area (Å²) in [6.45, 7) is 4.69. The van der Waals surface area contributed by atoms with E-state index >= 15 is 0 Å². The van der Waals surface area contributed by atoms with E-state index in [1.807, 2.05) is 5.51 Å². The molecule has 0 aromatic carbocycles. The quantitative estimate of drug-likeness (QED) is 0.714. The van der Waals surface area contributed by atoms with Crippen molar-refractivity contribution in [2.75, 3.05) is 13.1 Å². The summed E-state index contributed by atoms with van der Waals surface area (Å²) in [7, 11) is 0. The Morgan fingerprint density at radius 2 is 2.58 bits per heavy atom. The Bertz CT molecular complexity index is 198. The lowest BCUT2D eigenvalue weighted by Crippen LogP contribution is -2.25. The Morgan fingerprint density at radius 1 is 1.75 bits per heavy atom. The highest BCUT2D eigenvalue weighted by Gasteiger charge is 1.98. The third kappa shape index (κ3) is 3.30. The summed E-state index contributed by atoms with van der Waals surface area (Å²) in [5.74, 6) is 0.545. The lowest BCUT2D eigenvalue weighted by molar-refractivity contribution is 0.520. The standard InChI is InChI=1S/C8H15N3S/c1-7(2-9)3-10-4-8-5-12-6-11-8/h5-7,10H,2-4,9H2,1H3. The third-order valence-corrected chi connectivity index (χ3v) is 2.32. The van der Waals surface area contributed by atoms with E-state index in [1.54, 1.807) is 11.3 Å². The van der Waals surface area contributed by atoms with Crippen LogP contribution in [0.2, 0.25) is 0 Å². The van der Waals surface area contributed by atoms with Crippen molar-refractivity contribution in [3.05, 3.63) is 16.6 Å². The first-order valence-electron chi connectivity index (χ1n) is 4.10. The van der Waals surface area contributed by atoms with Crippen molar-refractivity contribution >= 4 is 11.3 Å². The number of aromatic nitrogens is 1. The zero-order chi connectivity index (χ0) is 8.81. The van der Waals surface area contributed by atoms with E-state index in [9.17, 15) is 0 Å². The average molecular weight is 185 g/mol. The molecule has 0 bridgehead atoms.